The van der Waals surface area contributed by atoms with E-state index in [0.717, 1.165) is 24.8 Å². The summed E-state index contributed by atoms with van der Waals surface area (Å²) in [6, 6.07) is 17.1. The van der Waals surface area contributed by atoms with E-state index in [9.17, 15) is 9.59 Å². The Morgan fingerprint density at radius 2 is 1.92 bits per heavy atom. The number of ether oxygens (including phenoxy) is 1. The fourth-order valence-corrected chi connectivity index (χ4v) is 5.34. The molecule has 7 nitrogen and oxygen atoms in total. The molecule has 2 aromatic carbocycles. The fraction of sp³-hybridized carbons (Fsp3) is 0.414. The van der Waals surface area contributed by atoms with Gasteiger partial charge in [-0.2, -0.15) is 5.10 Å². The molecule has 1 saturated heterocycles. The van der Waals surface area contributed by atoms with Gasteiger partial charge in [0.1, 0.15) is 5.75 Å². The Kier molecular flexibility index (Phi) is 9.34. The number of hydrogen-bond donors (Lipinski definition) is 0. The zero-order valence-corrected chi connectivity index (χ0v) is 23.4. The van der Waals surface area contributed by atoms with E-state index in [0.29, 0.717) is 42.0 Å². The van der Waals surface area contributed by atoms with E-state index in [2.05, 4.69) is 5.10 Å². The van der Waals surface area contributed by atoms with E-state index in [1.165, 1.54) is 0 Å². The second-order valence-electron chi connectivity index (χ2n) is 10.1. The van der Waals surface area contributed by atoms with Crippen LogP contribution in [0, 0.1) is 5.41 Å². The number of carbonyl (C=O) groups is 2. The van der Waals surface area contributed by atoms with Crippen LogP contribution in [0.5, 0.6) is 5.75 Å². The predicted octanol–water partition coefficient (Wildman–Crippen LogP) is 5.95. The number of aryl methyl sites for hydroxylation is 1. The third-order valence-corrected chi connectivity index (χ3v) is 7.39. The van der Waals surface area contributed by atoms with Crippen molar-refractivity contribution in [3.8, 4) is 5.75 Å². The summed E-state index contributed by atoms with van der Waals surface area (Å²) in [6.45, 7) is 4.46. The summed E-state index contributed by atoms with van der Waals surface area (Å²) < 4.78 is 7.89. The number of halogens is 2. The predicted molar refractivity (Wildman–Crippen MR) is 150 cm³/mol. The summed E-state index contributed by atoms with van der Waals surface area (Å²) in [5.41, 5.74) is 0.737. The Balaban J connectivity index is 1.54. The monoisotopic (exact) mass is 556 g/mol. The van der Waals surface area contributed by atoms with Gasteiger partial charge in [-0.25, -0.2) is 0 Å². The van der Waals surface area contributed by atoms with E-state index < -0.39 is 5.41 Å². The second-order valence-corrected chi connectivity index (χ2v) is 10.9. The minimum Gasteiger partial charge on any atom is -0.493 e. The number of aromatic nitrogens is 2. The molecule has 4 rings (SSSR count). The van der Waals surface area contributed by atoms with E-state index in [-0.39, 0.29) is 30.5 Å². The molecule has 0 radical (unpaired) electrons. The van der Waals surface area contributed by atoms with Crippen LogP contribution in [0.1, 0.15) is 48.7 Å². The lowest BCUT2D eigenvalue weighted by Gasteiger charge is -2.42. The van der Waals surface area contributed by atoms with Crippen molar-refractivity contribution in [1.29, 1.82) is 0 Å². The highest BCUT2D eigenvalue weighted by atomic mass is 35.5. The van der Waals surface area contributed by atoms with Crippen molar-refractivity contribution in [2.45, 2.75) is 45.7 Å². The maximum absolute atomic E-state index is 13.5. The molecule has 1 aliphatic heterocycles. The molecule has 0 spiro atoms. The maximum atomic E-state index is 13.5. The molecule has 0 N–H and O–H groups in total. The van der Waals surface area contributed by atoms with Crippen LogP contribution in [0.4, 0.5) is 0 Å². The highest BCUT2D eigenvalue weighted by Crippen LogP contribution is 2.36. The molecular formula is C29H34Cl2N4O3. The Labute approximate surface area is 234 Å². The second kappa shape index (κ2) is 12.7. The number of benzene rings is 2. The van der Waals surface area contributed by atoms with Crippen LogP contribution in [0.25, 0.3) is 0 Å². The Morgan fingerprint density at radius 3 is 2.66 bits per heavy atom. The van der Waals surface area contributed by atoms with Crippen LogP contribution in [-0.2, 0) is 17.9 Å². The van der Waals surface area contributed by atoms with Crippen molar-refractivity contribution in [3.05, 3.63) is 82.1 Å². The summed E-state index contributed by atoms with van der Waals surface area (Å²) in [5, 5.41) is 5.35. The number of nitrogens with zero attached hydrogens (tertiary/aromatic N) is 4. The summed E-state index contributed by atoms with van der Waals surface area (Å²) in [6.07, 6.45) is 4.32. The third-order valence-electron chi connectivity index (χ3n) is 6.88. The fourth-order valence-electron chi connectivity index (χ4n) is 4.92. The van der Waals surface area contributed by atoms with Crippen molar-refractivity contribution >= 4 is 35.0 Å². The molecule has 2 amide bonds. The summed E-state index contributed by atoms with van der Waals surface area (Å²) in [4.78, 5) is 30.5. The van der Waals surface area contributed by atoms with Crippen molar-refractivity contribution in [1.82, 2.24) is 19.6 Å². The van der Waals surface area contributed by atoms with Crippen LogP contribution in [-0.4, -0.2) is 58.1 Å². The van der Waals surface area contributed by atoms with Crippen LogP contribution < -0.4 is 4.74 Å². The van der Waals surface area contributed by atoms with Gasteiger partial charge in [0.15, 0.2) is 5.69 Å². The molecular weight excluding hydrogens is 523 g/mol. The van der Waals surface area contributed by atoms with E-state index in [1.807, 2.05) is 56.4 Å². The number of carbonyl (C=O) groups excluding carboxylic acids is 2. The molecule has 1 atom stereocenters. The van der Waals surface area contributed by atoms with Crippen LogP contribution in [0.2, 0.25) is 10.0 Å². The van der Waals surface area contributed by atoms with Crippen LogP contribution in [0.15, 0.2) is 60.8 Å². The van der Waals surface area contributed by atoms with Crippen molar-refractivity contribution in [2.75, 3.05) is 26.7 Å². The number of amides is 2. The van der Waals surface area contributed by atoms with Gasteiger partial charge in [0.05, 0.1) is 11.6 Å². The quantitative estimate of drug-likeness (QED) is 0.309. The van der Waals surface area contributed by atoms with Crippen molar-refractivity contribution in [2.24, 2.45) is 5.41 Å². The first-order chi connectivity index (χ1) is 18.3. The van der Waals surface area contributed by atoms with Gasteiger partial charge in [-0.15, -0.1) is 0 Å². The lowest BCUT2D eigenvalue weighted by molar-refractivity contribution is -0.134. The first kappa shape index (κ1) is 28.0. The zero-order valence-electron chi connectivity index (χ0n) is 21.9. The van der Waals surface area contributed by atoms with E-state index in [1.54, 1.807) is 32.8 Å². The summed E-state index contributed by atoms with van der Waals surface area (Å²) >= 11 is 12.6. The first-order valence-corrected chi connectivity index (χ1v) is 13.7. The summed E-state index contributed by atoms with van der Waals surface area (Å²) in [5.74, 6) is 0.414. The topological polar surface area (TPSA) is 67.7 Å². The third kappa shape index (κ3) is 7.08. The van der Waals surface area contributed by atoms with Gasteiger partial charge in [0, 0.05) is 56.3 Å². The smallest absolute Gasteiger partial charge is 0.275 e. The molecule has 38 heavy (non-hydrogen) atoms. The normalized spacial score (nSPS) is 17.3. The molecule has 0 unspecified atom stereocenters. The lowest BCUT2D eigenvalue weighted by atomic mass is 9.77. The minimum absolute atomic E-state index is 0.00287. The highest BCUT2D eigenvalue weighted by molar-refractivity contribution is 6.33. The van der Waals surface area contributed by atoms with Gasteiger partial charge in [0.25, 0.3) is 5.91 Å². The molecule has 0 bridgehead atoms. The van der Waals surface area contributed by atoms with Gasteiger partial charge in [-0.1, -0.05) is 66.5 Å². The van der Waals surface area contributed by atoms with Gasteiger partial charge >= 0.3 is 0 Å². The van der Waals surface area contributed by atoms with Gasteiger partial charge in [-0.05, 0) is 43.0 Å². The molecule has 1 aliphatic rings. The Hall–Kier alpha value is -3.03. The highest BCUT2D eigenvalue weighted by Gasteiger charge is 2.41. The minimum atomic E-state index is -0.573. The molecule has 1 aromatic heterocycles. The molecule has 1 fully saturated rings. The average molecular weight is 558 g/mol. The molecule has 0 saturated carbocycles. The maximum Gasteiger partial charge on any atom is 0.275 e. The molecule has 3 aromatic rings. The SMILES string of the molecule is CCCn1cc(Cl)c(C(=O)N2CCC[C@@](COc3cccc(Cl)c3)(CC(=O)N(C)Cc3ccccc3)C2)n1. The van der Waals surface area contributed by atoms with Crippen molar-refractivity contribution in [3.63, 3.8) is 0 Å². The van der Waals surface area contributed by atoms with Crippen LogP contribution in [0.3, 0.4) is 0 Å². The molecule has 9 heteroatoms. The number of rotatable bonds is 10. The average Bonchev–Trinajstić information content (AvgIpc) is 3.28. The van der Waals surface area contributed by atoms with E-state index >= 15 is 0 Å². The lowest BCUT2D eigenvalue weighted by Crippen LogP contribution is -2.50. The molecule has 2 heterocycles. The van der Waals surface area contributed by atoms with Gasteiger partial charge < -0.3 is 14.5 Å². The standard InChI is InChI=1S/C29H34Cl2N4O3/c1-3-14-35-19-25(31)27(32-35)28(37)34-15-8-13-29(20-34,21-38-24-12-7-11-23(30)16-24)17-26(36)33(2)18-22-9-5-4-6-10-22/h4-7,9-12,16,19H,3,8,13-15,17-18,20-21H2,1-2H3/t29-/m1/s1. The van der Waals surface area contributed by atoms with Crippen LogP contribution >= 0.6 is 23.2 Å². The zero-order chi connectivity index (χ0) is 27.1. The first-order valence-electron chi connectivity index (χ1n) is 13.0. The Bertz CT molecular complexity index is 1250. The largest absolute Gasteiger partial charge is 0.493 e. The Morgan fingerprint density at radius 1 is 1.13 bits per heavy atom. The number of piperidine rings is 1. The molecule has 202 valence electrons. The number of hydrogen-bond acceptors (Lipinski definition) is 4. The molecule has 0 aliphatic carbocycles. The summed E-state index contributed by atoms with van der Waals surface area (Å²) in [7, 11) is 1.81. The van der Waals surface area contributed by atoms with Crippen molar-refractivity contribution < 1.29 is 14.3 Å². The van der Waals surface area contributed by atoms with Gasteiger partial charge in [-0.3, -0.25) is 14.3 Å². The van der Waals surface area contributed by atoms with Gasteiger partial charge in [0.2, 0.25) is 5.91 Å². The van der Waals surface area contributed by atoms with E-state index in [4.69, 9.17) is 27.9 Å². The number of likely N-dealkylation sites (tertiary alicyclic amines) is 1.